The normalized spacial score (nSPS) is 13.0. The van der Waals surface area contributed by atoms with Crippen LogP contribution in [-0.4, -0.2) is 17.8 Å². The summed E-state index contributed by atoms with van der Waals surface area (Å²) in [7, 11) is 0. The smallest absolute Gasteiger partial charge is 0.0645 e. The van der Waals surface area contributed by atoms with Crippen LogP contribution in [0.25, 0.3) is 11.1 Å². The van der Waals surface area contributed by atoms with E-state index in [4.69, 9.17) is 4.74 Å². The average Bonchev–Trinajstić information content (AvgIpc) is 3.22. The van der Waals surface area contributed by atoms with Gasteiger partial charge in [0.2, 0.25) is 0 Å². The van der Waals surface area contributed by atoms with Gasteiger partial charge in [0.1, 0.15) is 0 Å². The van der Waals surface area contributed by atoms with Crippen molar-refractivity contribution in [2.24, 2.45) is 0 Å². The largest absolute Gasteiger partial charge is 0.380 e. The molecular formula is C21H21NO. The maximum atomic E-state index is 5.88. The molecule has 3 aromatic rings. The van der Waals surface area contributed by atoms with Crippen molar-refractivity contribution in [2.45, 2.75) is 18.9 Å². The van der Waals surface area contributed by atoms with Gasteiger partial charge in [-0.15, -0.1) is 0 Å². The zero-order valence-corrected chi connectivity index (χ0v) is 13.2. The van der Waals surface area contributed by atoms with Gasteiger partial charge >= 0.3 is 0 Å². The van der Waals surface area contributed by atoms with Crippen LogP contribution in [0.4, 0.5) is 0 Å². The van der Waals surface area contributed by atoms with Crippen molar-refractivity contribution in [3.8, 4) is 11.1 Å². The van der Waals surface area contributed by atoms with Crippen LogP contribution in [0, 0.1) is 0 Å². The van der Waals surface area contributed by atoms with Crippen LogP contribution in [0.15, 0.2) is 73.1 Å². The molecule has 4 rings (SSSR count). The van der Waals surface area contributed by atoms with Gasteiger partial charge in [-0.2, -0.15) is 0 Å². The number of benzene rings is 2. The highest BCUT2D eigenvalue weighted by Gasteiger charge is 2.27. The van der Waals surface area contributed by atoms with Crippen molar-refractivity contribution >= 4 is 0 Å². The summed E-state index contributed by atoms with van der Waals surface area (Å²) in [4.78, 5) is 0. The van der Waals surface area contributed by atoms with Crippen LogP contribution in [-0.2, 0) is 11.3 Å². The molecule has 23 heavy (non-hydrogen) atoms. The van der Waals surface area contributed by atoms with Crippen molar-refractivity contribution in [1.82, 2.24) is 4.57 Å². The predicted octanol–water partition coefficient (Wildman–Crippen LogP) is 4.71. The van der Waals surface area contributed by atoms with Gasteiger partial charge in [0, 0.05) is 31.5 Å². The number of rotatable bonds is 6. The SMILES string of the molecule is c1ccc2c(c1)-c1ccccc1C2CCOCCn1cccc1. The van der Waals surface area contributed by atoms with Crippen molar-refractivity contribution in [3.63, 3.8) is 0 Å². The molecule has 0 saturated heterocycles. The summed E-state index contributed by atoms with van der Waals surface area (Å²) in [5.74, 6) is 0.467. The summed E-state index contributed by atoms with van der Waals surface area (Å²) in [5, 5.41) is 0. The number of aromatic nitrogens is 1. The van der Waals surface area contributed by atoms with Crippen LogP contribution in [0.2, 0.25) is 0 Å². The molecule has 1 aromatic heterocycles. The molecule has 116 valence electrons. The lowest BCUT2D eigenvalue weighted by Crippen LogP contribution is -2.07. The second-order valence-electron chi connectivity index (χ2n) is 6.05. The number of hydrogen-bond acceptors (Lipinski definition) is 1. The lowest BCUT2D eigenvalue weighted by atomic mass is 9.94. The highest BCUT2D eigenvalue weighted by Crippen LogP contribution is 2.45. The molecule has 0 unspecified atom stereocenters. The standard InChI is InChI=1S/C21H21NO/c1-3-9-19-17(7-1)18-8-2-4-10-20(18)21(19)11-15-23-16-14-22-12-5-6-13-22/h1-10,12-13,21H,11,14-16H2. The highest BCUT2D eigenvalue weighted by molar-refractivity contribution is 5.78. The third-order valence-corrected chi connectivity index (χ3v) is 4.67. The van der Waals surface area contributed by atoms with E-state index in [0.717, 1.165) is 26.2 Å². The van der Waals surface area contributed by atoms with Gasteiger partial charge in [-0.05, 0) is 40.8 Å². The summed E-state index contributed by atoms with van der Waals surface area (Å²) in [5.41, 5.74) is 5.67. The van der Waals surface area contributed by atoms with Gasteiger partial charge in [-0.3, -0.25) is 0 Å². The third kappa shape index (κ3) is 2.82. The molecule has 2 nitrogen and oxygen atoms in total. The summed E-state index contributed by atoms with van der Waals surface area (Å²) >= 11 is 0. The molecule has 1 aliphatic rings. The molecule has 0 atom stereocenters. The number of nitrogens with zero attached hydrogens (tertiary/aromatic N) is 1. The van der Waals surface area contributed by atoms with E-state index in [0.29, 0.717) is 5.92 Å². The van der Waals surface area contributed by atoms with Crippen molar-refractivity contribution < 1.29 is 4.74 Å². The molecule has 1 aliphatic carbocycles. The van der Waals surface area contributed by atoms with Gasteiger partial charge in [0.25, 0.3) is 0 Å². The summed E-state index contributed by atoms with van der Waals surface area (Å²) in [6.07, 6.45) is 5.19. The molecule has 2 aromatic carbocycles. The molecule has 0 fully saturated rings. The van der Waals surface area contributed by atoms with Crippen molar-refractivity contribution in [1.29, 1.82) is 0 Å². The van der Waals surface area contributed by atoms with E-state index >= 15 is 0 Å². The Kier molecular flexibility index (Phi) is 3.99. The Morgan fingerprint density at radius 3 is 2.00 bits per heavy atom. The van der Waals surface area contributed by atoms with Gasteiger partial charge in [-0.1, -0.05) is 48.5 Å². The van der Waals surface area contributed by atoms with Crippen LogP contribution in [0.3, 0.4) is 0 Å². The van der Waals surface area contributed by atoms with Crippen LogP contribution in [0.5, 0.6) is 0 Å². The fourth-order valence-corrected chi connectivity index (χ4v) is 3.56. The molecule has 0 aliphatic heterocycles. The zero-order valence-electron chi connectivity index (χ0n) is 13.2. The molecule has 0 spiro atoms. The molecule has 0 N–H and O–H groups in total. The van der Waals surface area contributed by atoms with Crippen LogP contribution in [0.1, 0.15) is 23.5 Å². The summed E-state index contributed by atoms with van der Waals surface area (Å²) < 4.78 is 8.03. The Morgan fingerprint density at radius 1 is 0.739 bits per heavy atom. The van der Waals surface area contributed by atoms with Gasteiger partial charge < -0.3 is 9.30 Å². The Labute approximate surface area is 137 Å². The first kappa shape index (κ1) is 14.3. The van der Waals surface area contributed by atoms with E-state index in [1.807, 2.05) is 12.1 Å². The predicted molar refractivity (Wildman–Crippen MR) is 93.6 cm³/mol. The molecular weight excluding hydrogens is 282 g/mol. The van der Waals surface area contributed by atoms with E-state index in [1.165, 1.54) is 22.3 Å². The first-order valence-electron chi connectivity index (χ1n) is 8.30. The highest BCUT2D eigenvalue weighted by atomic mass is 16.5. The topological polar surface area (TPSA) is 14.2 Å². The van der Waals surface area contributed by atoms with Crippen LogP contribution >= 0.6 is 0 Å². The van der Waals surface area contributed by atoms with E-state index in [-0.39, 0.29) is 0 Å². The minimum atomic E-state index is 0.467. The lowest BCUT2D eigenvalue weighted by Gasteiger charge is -2.14. The van der Waals surface area contributed by atoms with E-state index in [2.05, 4.69) is 65.5 Å². The number of hydrogen-bond donors (Lipinski definition) is 0. The summed E-state index contributed by atoms with van der Waals surface area (Å²) in [6, 6.07) is 21.6. The van der Waals surface area contributed by atoms with E-state index in [9.17, 15) is 0 Å². The molecule has 1 heterocycles. The first-order valence-corrected chi connectivity index (χ1v) is 8.30. The number of fused-ring (bicyclic) bond motifs is 3. The van der Waals surface area contributed by atoms with E-state index in [1.54, 1.807) is 0 Å². The Balaban J connectivity index is 1.41. The van der Waals surface area contributed by atoms with Crippen molar-refractivity contribution in [3.05, 3.63) is 84.2 Å². The second-order valence-corrected chi connectivity index (χ2v) is 6.05. The number of ether oxygens (including phenoxy) is 1. The fourth-order valence-electron chi connectivity index (χ4n) is 3.56. The quantitative estimate of drug-likeness (QED) is 0.602. The van der Waals surface area contributed by atoms with Crippen molar-refractivity contribution in [2.75, 3.05) is 13.2 Å². The molecule has 0 radical (unpaired) electrons. The lowest BCUT2D eigenvalue weighted by molar-refractivity contribution is 0.121. The third-order valence-electron chi connectivity index (χ3n) is 4.67. The Morgan fingerprint density at radius 2 is 1.35 bits per heavy atom. The maximum Gasteiger partial charge on any atom is 0.0645 e. The fraction of sp³-hybridized carbons (Fsp3) is 0.238. The zero-order chi connectivity index (χ0) is 15.5. The van der Waals surface area contributed by atoms with Gasteiger partial charge in [0.05, 0.1) is 6.61 Å². The maximum absolute atomic E-state index is 5.88. The average molecular weight is 303 g/mol. The van der Waals surface area contributed by atoms with Gasteiger partial charge in [-0.25, -0.2) is 0 Å². The Hall–Kier alpha value is -2.32. The second kappa shape index (κ2) is 6.43. The van der Waals surface area contributed by atoms with Gasteiger partial charge in [0.15, 0.2) is 0 Å². The van der Waals surface area contributed by atoms with Crippen LogP contribution < -0.4 is 0 Å². The molecule has 0 amide bonds. The molecule has 0 saturated carbocycles. The minimum absolute atomic E-state index is 0.467. The minimum Gasteiger partial charge on any atom is -0.380 e. The summed E-state index contributed by atoms with van der Waals surface area (Å²) in [6.45, 7) is 2.49. The molecule has 0 bridgehead atoms. The first-order chi connectivity index (χ1) is 11.4. The Bertz CT molecular complexity index is 731. The van der Waals surface area contributed by atoms with E-state index < -0.39 is 0 Å². The molecule has 2 heteroatoms. The monoisotopic (exact) mass is 303 g/mol.